The van der Waals surface area contributed by atoms with Crippen molar-refractivity contribution in [2.75, 3.05) is 19.7 Å². The van der Waals surface area contributed by atoms with Crippen LogP contribution in [0.2, 0.25) is 0 Å². The van der Waals surface area contributed by atoms with Gasteiger partial charge in [-0.15, -0.1) is 0 Å². The van der Waals surface area contributed by atoms with Gasteiger partial charge in [0.2, 0.25) is 0 Å². The minimum Gasteiger partial charge on any atom is -0.378 e. The van der Waals surface area contributed by atoms with Crippen LogP contribution in [0.3, 0.4) is 0 Å². The first-order chi connectivity index (χ1) is 6.35. The molecule has 2 nitrogen and oxygen atoms in total. The highest BCUT2D eigenvalue weighted by Crippen LogP contribution is 2.39. The van der Waals surface area contributed by atoms with Crippen molar-refractivity contribution < 1.29 is 4.74 Å². The van der Waals surface area contributed by atoms with Crippen LogP contribution >= 0.6 is 0 Å². The van der Waals surface area contributed by atoms with E-state index in [4.69, 9.17) is 4.74 Å². The zero-order chi connectivity index (χ0) is 9.15. The van der Waals surface area contributed by atoms with Crippen molar-refractivity contribution in [3.63, 3.8) is 0 Å². The summed E-state index contributed by atoms with van der Waals surface area (Å²) in [7, 11) is 0. The second-order valence-corrected chi connectivity index (χ2v) is 4.63. The summed E-state index contributed by atoms with van der Waals surface area (Å²) in [5, 5.41) is 3.43. The summed E-state index contributed by atoms with van der Waals surface area (Å²) < 4.78 is 5.89. The Morgan fingerprint density at radius 1 is 1.31 bits per heavy atom. The van der Waals surface area contributed by atoms with Crippen LogP contribution in [0.1, 0.15) is 39.0 Å². The smallest absolute Gasteiger partial charge is 0.0573 e. The lowest BCUT2D eigenvalue weighted by Gasteiger charge is -2.42. The Kier molecular flexibility index (Phi) is 2.89. The van der Waals surface area contributed by atoms with Crippen molar-refractivity contribution in [1.29, 1.82) is 0 Å². The normalized spacial score (nSPS) is 33.5. The van der Waals surface area contributed by atoms with E-state index in [1.165, 1.54) is 45.2 Å². The summed E-state index contributed by atoms with van der Waals surface area (Å²) >= 11 is 0. The predicted octanol–water partition coefficient (Wildman–Crippen LogP) is 1.95. The third-order valence-corrected chi connectivity index (χ3v) is 3.74. The van der Waals surface area contributed by atoms with E-state index < -0.39 is 0 Å². The molecule has 2 rings (SSSR count). The van der Waals surface area contributed by atoms with Crippen LogP contribution in [0, 0.1) is 5.41 Å². The van der Waals surface area contributed by atoms with Crippen LogP contribution in [-0.4, -0.2) is 25.8 Å². The number of rotatable bonds is 1. The Labute approximate surface area is 81.0 Å². The highest BCUT2D eigenvalue weighted by Gasteiger charge is 2.36. The third kappa shape index (κ3) is 2.05. The fraction of sp³-hybridized carbons (Fsp3) is 1.00. The molecule has 2 aliphatic heterocycles. The van der Waals surface area contributed by atoms with Crippen molar-refractivity contribution in [2.24, 2.45) is 5.41 Å². The molecule has 0 radical (unpaired) electrons. The lowest BCUT2D eigenvalue weighted by Crippen LogP contribution is -2.43. The van der Waals surface area contributed by atoms with Crippen LogP contribution in [0.5, 0.6) is 0 Å². The summed E-state index contributed by atoms with van der Waals surface area (Å²) in [5.41, 5.74) is 0.552. The summed E-state index contributed by atoms with van der Waals surface area (Å²) in [6, 6.07) is 0. The van der Waals surface area contributed by atoms with Gasteiger partial charge in [-0.3, -0.25) is 0 Å². The molecule has 1 unspecified atom stereocenters. The Morgan fingerprint density at radius 3 is 2.62 bits per heavy atom. The number of piperidine rings is 1. The van der Waals surface area contributed by atoms with E-state index in [9.17, 15) is 0 Å². The highest BCUT2D eigenvalue weighted by atomic mass is 16.5. The van der Waals surface area contributed by atoms with Crippen molar-refractivity contribution >= 4 is 0 Å². The first kappa shape index (κ1) is 9.47. The molecule has 0 amide bonds. The molecule has 76 valence electrons. The molecule has 2 heterocycles. The van der Waals surface area contributed by atoms with Gasteiger partial charge in [-0.1, -0.05) is 6.92 Å². The fourth-order valence-electron chi connectivity index (χ4n) is 2.59. The number of nitrogens with one attached hydrogen (secondary N) is 1. The van der Waals surface area contributed by atoms with E-state index in [0.717, 1.165) is 6.61 Å². The van der Waals surface area contributed by atoms with Gasteiger partial charge in [0.15, 0.2) is 0 Å². The first-order valence-corrected chi connectivity index (χ1v) is 5.67. The van der Waals surface area contributed by atoms with Gasteiger partial charge in [0.25, 0.3) is 0 Å². The molecule has 0 bridgehead atoms. The second kappa shape index (κ2) is 3.97. The molecule has 2 aliphatic rings. The Hall–Kier alpha value is -0.0800. The van der Waals surface area contributed by atoms with Crippen molar-refractivity contribution in [2.45, 2.75) is 45.1 Å². The molecular formula is C11H21NO. The van der Waals surface area contributed by atoms with Crippen molar-refractivity contribution in [3.05, 3.63) is 0 Å². The summed E-state index contributed by atoms with van der Waals surface area (Å²) in [4.78, 5) is 0. The van der Waals surface area contributed by atoms with Gasteiger partial charge in [-0.05, 0) is 50.6 Å². The molecule has 2 heteroatoms. The lowest BCUT2D eigenvalue weighted by molar-refractivity contribution is -0.0750. The Bertz CT molecular complexity index is 153. The molecule has 0 aromatic carbocycles. The van der Waals surface area contributed by atoms with Crippen LogP contribution in [0.25, 0.3) is 0 Å². The molecular weight excluding hydrogens is 162 g/mol. The maximum atomic E-state index is 5.89. The quantitative estimate of drug-likeness (QED) is 0.671. The summed E-state index contributed by atoms with van der Waals surface area (Å²) in [6.07, 6.45) is 7.07. The Morgan fingerprint density at radius 2 is 2.08 bits per heavy atom. The average molecular weight is 183 g/mol. The molecule has 0 aromatic heterocycles. The minimum absolute atomic E-state index is 0.552. The third-order valence-electron chi connectivity index (χ3n) is 3.74. The monoisotopic (exact) mass is 183 g/mol. The van der Waals surface area contributed by atoms with Gasteiger partial charge in [0.1, 0.15) is 0 Å². The lowest BCUT2D eigenvalue weighted by atomic mass is 9.74. The highest BCUT2D eigenvalue weighted by molar-refractivity contribution is 4.88. The molecule has 1 atom stereocenters. The van der Waals surface area contributed by atoms with Crippen LogP contribution in [0.4, 0.5) is 0 Å². The number of hydrogen-bond acceptors (Lipinski definition) is 2. The van der Waals surface area contributed by atoms with E-state index in [1.807, 2.05) is 0 Å². The van der Waals surface area contributed by atoms with Crippen LogP contribution in [-0.2, 0) is 4.74 Å². The van der Waals surface area contributed by atoms with E-state index in [-0.39, 0.29) is 0 Å². The summed E-state index contributed by atoms with van der Waals surface area (Å²) in [6.45, 7) is 5.64. The second-order valence-electron chi connectivity index (χ2n) is 4.63. The van der Waals surface area contributed by atoms with Crippen molar-refractivity contribution in [1.82, 2.24) is 5.32 Å². The van der Waals surface area contributed by atoms with Gasteiger partial charge in [-0.25, -0.2) is 0 Å². The van der Waals surface area contributed by atoms with Gasteiger partial charge in [0, 0.05) is 0 Å². The van der Waals surface area contributed by atoms with E-state index in [0.29, 0.717) is 11.5 Å². The van der Waals surface area contributed by atoms with Gasteiger partial charge in [-0.2, -0.15) is 0 Å². The molecule has 0 aliphatic carbocycles. The van der Waals surface area contributed by atoms with Crippen molar-refractivity contribution in [3.8, 4) is 0 Å². The minimum atomic E-state index is 0.552. The first-order valence-electron chi connectivity index (χ1n) is 5.67. The van der Waals surface area contributed by atoms with Gasteiger partial charge in [0.05, 0.1) is 12.7 Å². The maximum absolute atomic E-state index is 5.89. The maximum Gasteiger partial charge on any atom is 0.0573 e. The van der Waals surface area contributed by atoms with E-state index in [2.05, 4.69) is 12.2 Å². The molecule has 0 aromatic rings. The predicted molar refractivity (Wildman–Crippen MR) is 53.8 cm³/mol. The average Bonchev–Trinajstić information content (AvgIpc) is 2.20. The van der Waals surface area contributed by atoms with Gasteiger partial charge >= 0.3 is 0 Å². The largest absolute Gasteiger partial charge is 0.378 e. The molecule has 13 heavy (non-hydrogen) atoms. The van der Waals surface area contributed by atoms with Crippen LogP contribution < -0.4 is 5.32 Å². The zero-order valence-electron chi connectivity index (χ0n) is 8.64. The molecule has 2 fully saturated rings. The number of hydrogen-bond donors (Lipinski definition) is 1. The van der Waals surface area contributed by atoms with Crippen LogP contribution in [0.15, 0.2) is 0 Å². The molecule has 1 N–H and O–H groups in total. The fourth-order valence-corrected chi connectivity index (χ4v) is 2.59. The number of ether oxygens (including phenoxy) is 1. The molecule has 0 saturated carbocycles. The Balaban J connectivity index is 1.87. The molecule has 1 spiro atoms. The van der Waals surface area contributed by atoms with Gasteiger partial charge < -0.3 is 10.1 Å². The summed E-state index contributed by atoms with van der Waals surface area (Å²) in [5.74, 6) is 0. The zero-order valence-corrected chi connectivity index (χ0v) is 8.64. The van der Waals surface area contributed by atoms with E-state index >= 15 is 0 Å². The standard InChI is InChI=1S/C11H21NO/c1-2-10-3-4-11(9-13-10)5-7-12-8-6-11/h10,12H,2-9H2,1H3. The molecule has 2 saturated heterocycles. The topological polar surface area (TPSA) is 21.3 Å². The SMILES string of the molecule is CCC1CCC2(CCNCC2)CO1. The van der Waals surface area contributed by atoms with E-state index in [1.54, 1.807) is 0 Å².